The molecular formula is C49H56Zr. The number of benzene rings is 3. The maximum atomic E-state index is 2.85. The summed E-state index contributed by atoms with van der Waals surface area (Å²) in [6.45, 7) is 21.8. The first-order valence-electron chi connectivity index (χ1n) is 19.3. The van der Waals surface area contributed by atoms with Gasteiger partial charge in [-0.1, -0.05) is 0 Å². The van der Waals surface area contributed by atoms with Crippen molar-refractivity contribution in [2.75, 3.05) is 0 Å². The molecule has 3 unspecified atom stereocenters. The van der Waals surface area contributed by atoms with Crippen molar-refractivity contribution in [2.45, 2.75) is 97.0 Å². The van der Waals surface area contributed by atoms with Gasteiger partial charge >= 0.3 is 312 Å². The first kappa shape index (κ1) is 34.2. The van der Waals surface area contributed by atoms with Crippen LogP contribution in [0.25, 0.3) is 5.57 Å². The van der Waals surface area contributed by atoms with Crippen LogP contribution in [-0.2, 0) is 40.5 Å². The van der Waals surface area contributed by atoms with E-state index in [0.717, 1.165) is 25.7 Å². The Morgan fingerprint density at radius 1 is 0.700 bits per heavy atom. The average molecular weight is 736 g/mol. The molecule has 5 aliphatic rings. The zero-order chi connectivity index (χ0) is 35.1. The van der Waals surface area contributed by atoms with E-state index in [1.165, 1.54) is 35.1 Å². The van der Waals surface area contributed by atoms with Gasteiger partial charge in [0, 0.05) is 0 Å². The molecule has 3 atom stereocenters. The van der Waals surface area contributed by atoms with Gasteiger partial charge in [0.1, 0.15) is 0 Å². The van der Waals surface area contributed by atoms with E-state index in [0.29, 0.717) is 5.92 Å². The summed E-state index contributed by atoms with van der Waals surface area (Å²) in [5.41, 5.74) is 13.0. The predicted molar refractivity (Wildman–Crippen MR) is 211 cm³/mol. The topological polar surface area (TPSA) is 0 Å². The van der Waals surface area contributed by atoms with Crippen molar-refractivity contribution in [1.29, 1.82) is 0 Å². The van der Waals surface area contributed by atoms with E-state index in [1.807, 2.05) is 8.78 Å². The SMILES string of the molecule is CC12C(=C3Cc4ccccc4C3=C3C=CCCC31)[C](C)([Zr]([C]1=CC=CC1)=[C](Cc1ccccc1)Cc1ccccc1)C(C)(C)C(C)(C)C2(C)C. The van der Waals surface area contributed by atoms with E-state index in [2.05, 4.69) is 171 Å². The summed E-state index contributed by atoms with van der Waals surface area (Å²) in [4.78, 5) is 0. The number of hydrogen-bond acceptors (Lipinski definition) is 0. The standard InChI is InChI=1S/C29H37.C15H14.C5H5.Zr/c1-18-25-22-17-19-13-9-10-14-20(19)24(22)21-15-11-12-16-23(21)29(25,8)28(6,7)27(4,5)26(18,2)3;1-3-8-14(9-4-1)12-7-13-15-10-5-2-6-11-15;1-2-4-5-3-1;/h9-11,13-15,23H,12,16-17H2,1-8H3;1-6,8-11H,12-13H2;1-3H,4H2;. The normalized spacial score (nSPS) is 28.1. The van der Waals surface area contributed by atoms with Gasteiger partial charge in [-0.25, -0.2) is 0 Å². The van der Waals surface area contributed by atoms with E-state index in [4.69, 9.17) is 0 Å². The van der Waals surface area contributed by atoms with Gasteiger partial charge in [0.2, 0.25) is 0 Å². The Labute approximate surface area is 310 Å². The van der Waals surface area contributed by atoms with Crippen molar-refractivity contribution >= 4 is 8.78 Å². The zero-order valence-corrected chi connectivity index (χ0v) is 34.2. The molecule has 0 saturated heterocycles. The molecule has 0 heterocycles. The molecule has 0 amide bonds. The van der Waals surface area contributed by atoms with Crippen LogP contribution >= 0.6 is 0 Å². The van der Waals surface area contributed by atoms with Gasteiger partial charge in [-0.05, 0) is 0 Å². The first-order valence-corrected chi connectivity index (χ1v) is 22.9. The van der Waals surface area contributed by atoms with Crippen LogP contribution in [-0.4, -0.2) is 3.21 Å². The fourth-order valence-corrected chi connectivity index (χ4v) is 23.5. The Kier molecular flexibility index (Phi) is 8.27. The second-order valence-electron chi connectivity index (χ2n) is 17.9. The third kappa shape index (κ3) is 4.60. The second-order valence-corrected chi connectivity index (χ2v) is 25.5. The number of allylic oxidation sites excluding steroid dienone is 10. The van der Waals surface area contributed by atoms with Crippen molar-refractivity contribution in [2.24, 2.45) is 27.6 Å². The Bertz CT molecular complexity index is 2000. The molecule has 1 heteroatoms. The Hall–Kier alpha value is -2.89. The molecule has 0 aromatic heterocycles. The van der Waals surface area contributed by atoms with E-state index in [-0.39, 0.29) is 24.8 Å². The van der Waals surface area contributed by atoms with Crippen LogP contribution in [0, 0.1) is 27.6 Å². The number of fused-ring (bicyclic) bond motifs is 6. The average Bonchev–Trinajstić information content (AvgIpc) is 3.77. The van der Waals surface area contributed by atoms with Crippen molar-refractivity contribution in [3.8, 4) is 0 Å². The number of rotatable bonds is 6. The first-order chi connectivity index (χ1) is 23.9. The van der Waals surface area contributed by atoms with Crippen molar-refractivity contribution < 1.29 is 21.3 Å². The van der Waals surface area contributed by atoms with Gasteiger partial charge in [-0.2, -0.15) is 0 Å². The minimum absolute atomic E-state index is 0.0325. The van der Waals surface area contributed by atoms with Crippen LogP contribution in [0.4, 0.5) is 0 Å². The van der Waals surface area contributed by atoms with Crippen LogP contribution in [0.1, 0.15) is 96.9 Å². The number of hydrogen-bond donors (Lipinski definition) is 0. The molecule has 0 aliphatic heterocycles. The molecule has 256 valence electrons. The van der Waals surface area contributed by atoms with Crippen molar-refractivity contribution in [3.63, 3.8) is 0 Å². The summed E-state index contributed by atoms with van der Waals surface area (Å²) >= 11 is -2.84. The molecule has 1 saturated carbocycles. The fraction of sp³-hybridized carbons (Fsp3) is 0.408. The summed E-state index contributed by atoms with van der Waals surface area (Å²) in [5, 5.41) is 0. The van der Waals surface area contributed by atoms with Crippen LogP contribution in [0.5, 0.6) is 0 Å². The molecule has 5 aliphatic carbocycles. The molecule has 3 aromatic rings. The third-order valence-corrected chi connectivity index (χ3v) is 25.4. The summed E-state index contributed by atoms with van der Waals surface area (Å²) < 4.78 is 3.71. The van der Waals surface area contributed by atoms with Gasteiger partial charge in [0.25, 0.3) is 0 Å². The summed E-state index contributed by atoms with van der Waals surface area (Å²) in [6.07, 6.45) is 19.3. The van der Waals surface area contributed by atoms with Crippen molar-refractivity contribution in [1.82, 2.24) is 0 Å². The monoisotopic (exact) mass is 734 g/mol. The molecule has 0 bridgehead atoms. The molecule has 0 N–H and O–H groups in total. The van der Waals surface area contributed by atoms with Crippen LogP contribution in [0.2, 0.25) is 3.12 Å². The van der Waals surface area contributed by atoms with Crippen LogP contribution < -0.4 is 0 Å². The summed E-state index contributed by atoms with van der Waals surface area (Å²) in [5.74, 6) is 0.518. The van der Waals surface area contributed by atoms with E-state index < -0.39 is 21.3 Å². The fourth-order valence-electron chi connectivity index (χ4n) is 11.8. The van der Waals surface area contributed by atoms with Gasteiger partial charge in [0.15, 0.2) is 0 Å². The Morgan fingerprint density at radius 3 is 1.94 bits per heavy atom. The van der Waals surface area contributed by atoms with Crippen LogP contribution in [0.15, 0.2) is 135 Å². The molecule has 1 fully saturated rings. The Balaban J connectivity index is 1.53. The van der Waals surface area contributed by atoms with Crippen molar-refractivity contribution in [3.05, 3.63) is 158 Å². The minimum atomic E-state index is -2.84. The maximum absolute atomic E-state index is 2.85. The molecular weight excluding hydrogens is 680 g/mol. The van der Waals surface area contributed by atoms with Gasteiger partial charge in [-0.3, -0.25) is 0 Å². The molecule has 0 nitrogen and oxygen atoms in total. The van der Waals surface area contributed by atoms with E-state index in [9.17, 15) is 0 Å². The molecule has 50 heavy (non-hydrogen) atoms. The third-order valence-electron chi connectivity index (χ3n) is 15.7. The molecule has 0 spiro atoms. The molecule has 0 radical (unpaired) electrons. The zero-order valence-electron chi connectivity index (χ0n) is 31.8. The van der Waals surface area contributed by atoms with Gasteiger partial charge in [-0.15, -0.1) is 0 Å². The summed E-state index contributed by atoms with van der Waals surface area (Å²) in [6, 6.07) is 32.3. The van der Waals surface area contributed by atoms with Gasteiger partial charge < -0.3 is 0 Å². The van der Waals surface area contributed by atoms with E-state index in [1.54, 1.807) is 20.0 Å². The second kappa shape index (κ2) is 12.1. The quantitative estimate of drug-likeness (QED) is 0.236. The molecule has 3 aromatic carbocycles. The molecule has 8 rings (SSSR count). The Morgan fingerprint density at radius 2 is 1.32 bits per heavy atom. The van der Waals surface area contributed by atoms with E-state index >= 15 is 0 Å². The van der Waals surface area contributed by atoms with Crippen LogP contribution in [0.3, 0.4) is 0 Å². The predicted octanol–water partition coefficient (Wildman–Crippen LogP) is 12.7. The summed E-state index contributed by atoms with van der Waals surface area (Å²) in [7, 11) is 0. The van der Waals surface area contributed by atoms with Gasteiger partial charge in [0.05, 0.1) is 0 Å².